The average molecular weight is 401 g/mol. The third-order valence-electron chi connectivity index (χ3n) is 6.75. The topological polar surface area (TPSA) is 0 Å². The molecule has 0 amide bonds. The van der Waals surface area contributed by atoms with Crippen molar-refractivity contribution >= 4 is 21.5 Å². The van der Waals surface area contributed by atoms with Crippen molar-refractivity contribution in [3.05, 3.63) is 107 Å². The third-order valence-corrected chi connectivity index (χ3v) is 6.75. The maximum Gasteiger partial charge on any atom is -0.00262 e. The minimum Gasteiger partial charge on any atom is -0.0622 e. The maximum atomic E-state index is 2.39. The van der Waals surface area contributed by atoms with Gasteiger partial charge in [0.25, 0.3) is 0 Å². The highest BCUT2D eigenvalue weighted by Gasteiger charge is 2.18. The minimum absolute atomic E-state index is 1.28. The maximum absolute atomic E-state index is 2.39. The quantitative estimate of drug-likeness (QED) is 0.260. The molecule has 5 rings (SSSR count). The van der Waals surface area contributed by atoms with Crippen LogP contribution in [0.15, 0.2) is 78.9 Å². The Bertz CT molecular complexity index is 1370. The fourth-order valence-corrected chi connectivity index (χ4v) is 4.70. The number of benzene rings is 5. The number of hydrogen-bond acceptors (Lipinski definition) is 0. The lowest BCUT2D eigenvalue weighted by Crippen LogP contribution is -1.95. The fraction of sp³-hybridized carbons (Fsp3) is 0.161. The van der Waals surface area contributed by atoms with Gasteiger partial charge in [0.05, 0.1) is 0 Å². The van der Waals surface area contributed by atoms with E-state index in [1.54, 1.807) is 0 Å². The Morgan fingerprint density at radius 2 is 0.742 bits per heavy atom. The zero-order valence-corrected chi connectivity index (χ0v) is 19.0. The fourth-order valence-electron chi connectivity index (χ4n) is 4.70. The molecule has 5 aromatic carbocycles. The molecule has 0 nitrogen and oxygen atoms in total. The van der Waals surface area contributed by atoms with Crippen molar-refractivity contribution in [2.75, 3.05) is 0 Å². The van der Waals surface area contributed by atoms with Crippen LogP contribution >= 0.6 is 0 Å². The van der Waals surface area contributed by atoms with E-state index in [0.29, 0.717) is 0 Å². The number of aryl methyl sites for hydroxylation is 5. The van der Waals surface area contributed by atoms with Crippen molar-refractivity contribution in [2.45, 2.75) is 34.6 Å². The second-order valence-corrected chi connectivity index (χ2v) is 8.95. The van der Waals surface area contributed by atoms with Gasteiger partial charge in [-0.3, -0.25) is 0 Å². The Morgan fingerprint density at radius 1 is 0.387 bits per heavy atom. The van der Waals surface area contributed by atoms with E-state index in [1.165, 1.54) is 71.6 Å². The third kappa shape index (κ3) is 3.24. The summed E-state index contributed by atoms with van der Waals surface area (Å²) >= 11 is 0. The van der Waals surface area contributed by atoms with E-state index in [4.69, 9.17) is 0 Å². The van der Waals surface area contributed by atoms with Crippen LogP contribution in [0.3, 0.4) is 0 Å². The number of fused-ring (bicyclic) bond motifs is 2. The van der Waals surface area contributed by atoms with Crippen molar-refractivity contribution in [1.29, 1.82) is 0 Å². The van der Waals surface area contributed by atoms with E-state index in [1.807, 2.05) is 0 Å². The predicted molar refractivity (Wildman–Crippen MR) is 136 cm³/mol. The van der Waals surface area contributed by atoms with Gasteiger partial charge in [0.1, 0.15) is 0 Å². The highest BCUT2D eigenvalue weighted by atomic mass is 14.2. The summed E-state index contributed by atoms with van der Waals surface area (Å²) in [7, 11) is 0. The molecule has 0 saturated carbocycles. The molecule has 0 unspecified atom stereocenters. The lowest BCUT2D eigenvalue weighted by Gasteiger charge is -2.20. The molecule has 0 saturated heterocycles. The van der Waals surface area contributed by atoms with E-state index in [0.717, 1.165) is 0 Å². The summed E-state index contributed by atoms with van der Waals surface area (Å²) in [5.41, 5.74) is 11.9. The van der Waals surface area contributed by atoms with Gasteiger partial charge in [-0.05, 0) is 101 Å². The van der Waals surface area contributed by atoms with Crippen LogP contribution in [0.25, 0.3) is 43.8 Å². The first kappa shape index (κ1) is 19.6. The van der Waals surface area contributed by atoms with Crippen molar-refractivity contribution in [3.63, 3.8) is 0 Å². The second kappa shape index (κ2) is 7.39. The first-order chi connectivity index (χ1) is 14.9. The summed E-state index contributed by atoms with van der Waals surface area (Å²) in [6.07, 6.45) is 0. The van der Waals surface area contributed by atoms with Crippen LogP contribution in [0, 0.1) is 34.6 Å². The van der Waals surface area contributed by atoms with Crippen LogP contribution in [-0.4, -0.2) is 0 Å². The Hall–Kier alpha value is -3.38. The molecule has 0 heterocycles. The summed E-state index contributed by atoms with van der Waals surface area (Å²) in [6.45, 7) is 11.0. The Kier molecular flexibility index (Phi) is 4.67. The zero-order chi connectivity index (χ0) is 21.7. The van der Waals surface area contributed by atoms with Crippen molar-refractivity contribution in [3.8, 4) is 22.3 Å². The average Bonchev–Trinajstić information content (AvgIpc) is 2.76. The number of rotatable bonds is 2. The molecular formula is C31H28. The first-order valence-electron chi connectivity index (χ1n) is 11.0. The monoisotopic (exact) mass is 400 g/mol. The van der Waals surface area contributed by atoms with Gasteiger partial charge >= 0.3 is 0 Å². The molecule has 0 heteroatoms. The molecule has 5 aromatic rings. The van der Waals surface area contributed by atoms with E-state index >= 15 is 0 Å². The van der Waals surface area contributed by atoms with Gasteiger partial charge in [0.15, 0.2) is 0 Å². The van der Waals surface area contributed by atoms with Crippen molar-refractivity contribution in [2.24, 2.45) is 0 Å². The second-order valence-electron chi connectivity index (χ2n) is 8.95. The lowest BCUT2D eigenvalue weighted by atomic mass is 9.83. The molecule has 0 bridgehead atoms. The van der Waals surface area contributed by atoms with Crippen LogP contribution < -0.4 is 0 Å². The lowest BCUT2D eigenvalue weighted by molar-refractivity contribution is 1.36. The summed E-state index contributed by atoms with van der Waals surface area (Å²) in [6, 6.07) is 29.4. The molecule has 152 valence electrons. The van der Waals surface area contributed by atoms with Crippen LogP contribution in [0.1, 0.15) is 27.8 Å². The van der Waals surface area contributed by atoms with Gasteiger partial charge in [-0.15, -0.1) is 0 Å². The molecule has 0 aliphatic heterocycles. The molecule has 0 radical (unpaired) electrons. The van der Waals surface area contributed by atoms with E-state index < -0.39 is 0 Å². The van der Waals surface area contributed by atoms with E-state index in [9.17, 15) is 0 Å². The molecule has 31 heavy (non-hydrogen) atoms. The normalized spacial score (nSPS) is 11.4. The summed E-state index contributed by atoms with van der Waals surface area (Å²) in [5, 5.41) is 5.34. The standard InChI is InChI=1S/C31H28/c1-19-11-13-25(14-12-19)31-28-17-22(4)20(2)15-26(28)30(24-9-7-6-8-10-24)27-16-21(3)23(5)18-29(27)31/h6-18H,1-5H3. The van der Waals surface area contributed by atoms with Gasteiger partial charge in [-0.2, -0.15) is 0 Å². The molecule has 0 N–H and O–H groups in total. The molecule has 0 aliphatic rings. The Balaban J connectivity index is 2.07. The molecule has 0 aliphatic carbocycles. The van der Waals surface area contributed by atoms with Gasteiger partial charge in [-0.25, -0.2) is 0 Å². The van der Waals surface area contributed by atoms with Crippen LogP contribution in [-0.2, 0) is 0 Å². The summed E-state index contributed by atoms with van der Waals surface area (Å²) in [4.78, 5) is 0. The SMILES string of the molecule is Cc1ccc(-c2c3cc(C)c(C)cc3c(-c3ccccc3)c3cc(C)c(C)cc23)cc1. The van der Waals surface area contributed by atoms with Gasteiger partial charge in [0.2, 0.25) is 0 Å². The Labute approximate surface area is 185 Å². The Morgan fingerprint density at radius 3 is 1.13 bits per heavy atom. The highest BCUT2D eigenvalue weighted by Crippen LogP contribution is 2.45. The zero-order valence-electron chi connectivity index (χ0n) is 19.0. The van der Waals surface area contributed by atoms with Gasteiger partial charge in [0, 0.05) is 0 Å². The van der Waals surface area contributed by atoms with E-state index in [-0.39, 0.29) is 0 Å². The van der Waals surface area contributed by atoms with Crippen LogP contribution in [0.2, 0.25) is 0 Å². The van der Waals surface area contributed by atoms with E-state index in [2.05, 4.69) is 113 Å². The minimum atomic E-state index is 1.28. The highest BCUT2D eigenvalue weighted by molar-refractivity contribution is 6.21. The molecular weight excluding hydrogens is 372 g/mol. The summed E-state index contributed by atoms with van der Waals surface area (Å²) in [5.74, 6) is 0. The van der Waals surface area contributed by atoms with Crippen LogP contribution in [0.4, 0.5) is 0 Å². The molecule has 0 aromatic heterocycles. The van der Waals surface area contributed by atoms with Crippen LogP contribution in [0.5, 0.6) is 0 Å². The molecule has 0 spiro atoms. The van der Waals surface area contributed by atoms with Crippen molar-refractivity contribution in [1.82, 2.24) is 0 Å². The first-order valence-corrected chi connectivity index (χ1v) is 11.0. The largest absolute Gasteiger partial charge is 0.0622 e. The molecule has 0 atom stereocenters. The predicted octanol–water partition coefficient (Wildman–Crippen LogP) is 8.87. The van der Waals surface area contributed by atoms with Gasteiger partial charge in [-0.1, -0.05) is 84.4 Å². The number of hydrogen-bond donors (Lipinski definition) is 0. The smallest absolute Gasteiger partial charge is 0.00262 e. The van der Waals surface area contributed by atoms with Crippen molar-refractivity contribution < 1.29 is 0 Å². The summed E-state index contributed by atoms with van der Waals surface area (Å²) < 4.78 is 0. The molecule has 0 fully saturated rings. The van der Waals surface area contributed by atoms with Gasteiger partial charge < -0.3 is 0 Å².